The lowest BCUT2D eigenvalue weighted by Crippen LogP contribution is -2.03. The third-order valence-electron chi connectivity index (χ3n) is 2.52. The summed E-state index contributed by atoms with van der Waals surface area (Å²) < 4.78 is 5.23. The first-order valence-corrected chi connectivity index (χ1v) is 6.94. The van der Waals surface area contributed by atoms with Crippen molar-refractivity contribution < 1.29 is 4.74 Å². The summed E-state index contributed by atoms with van der Waals surface area (Å²) in [5.74, 6) is 1.52. The third-order valence-corrected chi connectivity index (χ3v) is 3.61. The quantitative estimate of drug-likeness (QED) is 0.848. The number of hydrogen-bond donors (Lipinski definition) is 1. The van der Waals surface area contributed by atoms with Gasteiger partial charge in [0.1, 0.15) is 10.8 Å². The van der Waals surface area contributed by atoms with E-state index in [2.05, 4.69) is 15.3 Å². The first-order valence-electron chi connectivity index (χ1n) is 6.12. The first kappa shape index (κ1) is 13.7. The minimum absolute atomic E-state index is 0.665. The lowest BCUT2D eigenvalue weighted by atomic mass is 10.3. The summed E-state index contributed by atoms with van der Waals surface area (Å²) in [5.41, 5.74) is 1.06. The van der Waals surface area contributed by atoms with Crippen LogP contribution in [-0.2, 0) is 0 Å². The Hall–Kier alpha value is -1.75. The van der Waals surface area contributed by atoms with Gasteiger partial charge in [0, 0.05) is 23.2 Å². The molecule has 0 saturated carbocycles. The zero-order chi connectivity index (χ0) is 13.7. The van der Waals surface area contributed by atoms with E-state index in [0.29, 0.717) is 5.95 Å². The Morgan fingerprint density at radius 2 is 2.21 bits per heavy atom. The number of ether oxygens (including phenoxy) is 1. The van der Waals surface area contributed by atoms with Crippen LogP contribution in [0.5, 0.6) is 5.75 Å². The van der Waals surface area contributed by atoms with Crippen LogP contribution in [0, 0.1) is 6.92 Å². The molecule has 0 spiro atoms. The summed E-state index contributed by atoms with van der Waals surface area (Å²) >= 11 is 1.61. The van der Waals surface area contributed by atoms with E-state index in [1.54, 1.807) is 18.9 Å². The van der Waals surface area contributed by atoms with Crippen LogP contribution >= 0.6 is 11.8 Å². The molecule has 0 radical (unpaired) electrons. The van der Waals surface area contributed by atoms with E-state index in [4.69, 9.17) is 4.74 Å². The predicted molar refractivity (Wildman–Crippen MR) is 78.0 cm³/mol. The van der Waals surface area contributed by atoms with Crippen molar-refractivity contribution in [3.63, 3.8) is 0 Å². The SMILES string of the molecule is CCNc1ncc(C)c(Sc2cccc(OC)c2)n1. The highest BCUT2D eigenvalue weighted by Gasteiger charge is 2.06. The molecule has 1 heterocycles. The number of aromatic nitrogens is 2. The average molecular weight is 275 g/mol. The monoisotopic (exact) mass is 275 g/mol. The summed E-state index contributed by atoms with van der Waals surface area (Å²) in [6, 6.07) is 7.95. The Bertz CT molecular complexity index is 560. The van der Waals surface area contributed by atoms with Crippen LogP contribution in [0.2, 0.25) is 0 Å². The van der Waals surface area contributed by atoms with Crippen molar-refractivity contribution in [2.24, 2.45) is 0 Å². The van der Waals surface area contributed by atoms with E-state index in [0.717, 1.165) is 27.8 Å². The number of benzene rings is 1. The van der Waals surface area contributed by atoms with Crippen molar-refractivity contribution >= 4 is 17.7 Å². The Labute approximate surface area is 117 Å². The molecule has 4 nitrogen and oxygen atoms in total. The number of aryl methyl sites for hydroxylation is 1. The molecule has 0 fully saturated rings. The highest BCUT2D eigenvalue weighted by atomic mass is 32.2. The minimum Gasteiger partial charge on any atom is -0.497 e. The Morgan fingerprint density at radius 1 is 1.37 bits per heavy atom. The van der Waals surface area contributed by atoms with E-state index < -0.39 is 0 Å². The van der Waals surface area contributed by atoms with Gasteiger partial charge in [0.25, 0.3) is 0 Å². The second-order valence-corrected chi connectivity index (χ2v) is 5.06. The predicted octanol–water partition coefficient (Wildman–Crippen LogP) is 3.38. The first-order chi connectivity index (χ1) is 9.22. The van der Waals surface area contributed by atoms with Gasteiger partial charge in [-0.05, 0) is 32.0 Å². The number of methoxy groups -OCH3 is 1. The van der Waals surface area contributed by atoms with Crippen LogP contribution in [-0.4, -0.2) is 23.6 Å². The van der Waals surface area contributed by atoms with Crippen molar-refractivity contribution in [2.75, 3.05) is 19.0 Å². The Balaban J connectivity index is 2.23. The molecule has 2 rings (SSSR count). The van der Waals surface area contributed by atoms with E-state index in [-0.39, 0.29) is 0 Å². The van der Waals surface area contributed by atoms with Gasteiger partial charge in [-0.2, -0.15) is 0 Å². The van der Waals surface area contributed by atoms with Crippen LogP contribution < -0.4 is 10.1 Å². The fourth-order valence-corrected chi connectivity index (χ4v) is 2.44. The molecule has 1 aromatic heterocycles. The lowest BCUT2D eigenvalue weighted by Gasteiger charge is -2.08. The molecule has 0 aliphatic heterocycles. The van der Waals surface area contributed by atoms with Crippen LogP contribution in [0.3, 0.4) is 0 Å². The third kappa shape index (κ3) is 3.61. The van der Waals surface area contributed by atoms with Crippen LogP contribution in [0.1, 0.15) is 12.5 Å². The van der Waals surface area contributed by atoms with Crippen LogP contribution in [0.4, 0.5) is 5.95 Å². The molecule has 100 valence electrons. The highest BCUT2D eigenvalue weighted by molar-refractivity contribution is 7.99. The maximum atomic E-state index is 5.23. The lowest BCUT2D eigenvalue weighted by molar-refractivity contribution is 0.413. The van der Waals surface area contributed by atoms with Gasteiger partial charge >= 0.3 is 0 Å². The summed E-state index contributed by atoms with van der Waals surface area (Å²) in [6.07, 6.45) is 1.84. The normalized spacial score (nSPS) is 10.3. The van der Waals surface area contributed by atoms with Gasteiger partial charge in [-0.1, -0.05) is 17.8 Å². The molecule has 0 unspecified atom stereocenters. The molecule has 19 heavy (non-hydrogen) atoms. The van der Waals surface area contributed by atoms with Gasteiger partial charge in [-0.15, -0.1) is 0 Å². The van der Waals surface area contributed by atoms with E-state index in [9.17, 15) is 0 Å². The van der Waals surface area contributed by atoms with Gasteiger partial charge in [0.15, 0.2) is 0 Å². The van der Waals surface area contributed by atoms with Gasteiger partial charge in [-0.3, -0.25) is 0 Å². The van der Waals surface area contributed by atoms with Crippen molar-refractivity contribution in [1.29, 1.82) is 0 Å². The smallest absolute Gasteiger partial charge is 0.223 e. The van der Waals surface area contributed by atoms with E-state index in [1.165, 1.54) is 0 Å². The summed E-state index contributed by atoms with van der Waals surface area (Å²) in [6.45, 7) is 4.85. The molecule has 1 N–H and O–H groups in total. The molecular formula is C14H17N3OS. The van der Waals surface area contributed by atoms with Crippen molar-refractivity contribution in [2.45, 2.75) is 23.8 Å². The summed E-state index contributed by atoms with van der Waals surface area (Å²) in [5, 5.41) is 4.08. The highest BCUT2D eigenvalue weighted by Crippen LogP contribution is 2.30. The minimum atomic E-state index is 0.665. The maximum absolute atomic E-state index is 5.23. The second kappa shape index (κ2) is 6.43. The van der Waals surface area contributed by atoms with Gasteiger partial charge in [0.2, 0.25) is 5.95 Å². The second-order valence-electron chi connectivity index (χ2n) is 3.99. The van der Waals surface area contributed by atoms with E-state index in [1.807, 2.05) is 44.3 Å². The topological polar surface area (TPSA) is 47.0 Å². The molecular weight excluding hydrogens is 258 g/mol. The largest absolute Gasteiger partial charge is 0.497 e. The molecule has 0 aliphatic carbocycles. The van der Waals surface area contributed by atoms with Crippen LogP contribution in [0.25, 0.3) is 0 Å². The molecule has 0 amide bonds. The zero-order valence-electron chi connectivity index (χ0n) is 11.3. The van der Waals surface area contributed by atoms with Crippen molar-refractivity contribution in [3.05, 3.63) is 36.0 Å². The number of nitrogens with one attached hydrogen (secondary N) is 1. The molecule has 2 aromatic rings. The Kier molecular flexibility index (Phi) is 4.63. The van der Waals surface area contributed by atoms with E-state index >= 15 is 0 Å². The maximum Gasteiger partial charge on any atom is 0.223 e. The number of hydrogen-bond acceptors (Lipinski definition) is 5. The number of rotatable bonds is 5. The van der Waals surface area contributed by atoms with Crippen molar-refractivity contribution in [1.82, 2.24) is 9.97 Å². The molecule has 0 atom stereocenters. The fourth-order valence-electron chi connectivity index (χ4n) is 1.55. The summed E-state index contributed by atoms with van der Waals surface area (Å²) in [7, 11) is 1.67. The summed E-state index contributed by atoms with van der Waals surface area (Å²) in [4.78, 5) is 9.86. The Morgan fingerprint density at radius 3 is 2.95 bits per heavy atom. The standard InChI is InChI=1S/C14H17N3OS/c1-4-15-14-16-9-10(2)13(17-14)19-12-7-5-6-11(8-12)18-3/h5-9H,4H2,1-3H3,(H,15,16,17). The zero-order valence-corrected chi connectivity index (χ0v) is 12.1. The van der Waals surface area contributed by atoms with Gasteiger partial charge in [0.05, 0.1) is 7.11 Å². The molecule has 0 bridgehead atoms. The molecule has 0 aliphatic rings. The number of nitrogens with zero attached hydrogens (tertiary/aromatic N) is 2. The van der Waals surface area contributed by atoms with Gasteiger partial charge < -0.3 is 10.1 Å². The van der Waals surface area contributed by atoms with Gasteiger partial charge in [-0.25, -0.2) is 9.97 Å². The number of anilines is 1. The average Bonchev–Trinajstić information content (AvgIpc) is 2.43. The molecule has 5 heteroatoms. The van der Waals surface area contributed by atoms with Crippen molar-refractivity contribution in [3.8, 4) is 5.75 Å². The molecule has 0 saturated heterocycles. The fraction of sp³-hybridized carbons (Fsp3) is 0.286. The molecule has 1 aromatic carbocycles. The van der Waals surface area contributed by atoms with Crippen LogP contribution in [0.15, 0.2) is 40.4 Å².